The van der Waals surface area contributed by atoms with Gasteiger partial charge in [0.05, 0.1) is 4.24 Å². The van der Waals surface area contributed by atoms with Crippen LogP contribution < -0.4 is 0 Å². The number of nitrogens with zero attached hydrogens (tertiary/aromatic N) is 2. The summed E-state index contributed by atoms with van der Waals surface area (Å²) in [4.78, 5) is 2.06. The first kappa shape index (κ1) is 12.1. The van der Waals surface area contributed by atoms with Gasteiger partial charge in [0.1, 0.15) is 17.7 Å². The maximum absolute atomic E-state index is 8.66. The fourth-order valence-electron chi connectivity index (χ4n) is 1.16. The Morgan fingerprint density at radius 3 is 2.35 bits per heavy atom. The van der Waals surface area contributed by atoms with Crippen molar-refractivity contribution >= 4 is 47.0 Å². The number of hydrogen-bond acceptors (Lipinski definition) is 5. The zero-order chi connectivity index (χ0) is 12.1. The average molecular weight is 274 g/mol. The Morgan fingerprint density at radius 2 is 1.71 bits per heavy atom. The Labute approximate surface area is 112 Å². The predicted octanol–water partition coefficient (Wildman–Crippen LogP) is 4.43. The zero-order valence-electron chi connectivity index (χ0n) is 8.58. The van der Waals surface area contributed by atoms with Gasteiger partial charge in [0, 0.05) is 9.75 Å². The molecule has 0 aliphatic carbocycles. The first-order valence-corrected chi connectivity index (χ1v) is 7.21. The summed E-state index contributed by atoms with van der Waals surface area (Å²) in [5.74, 6) is 0. The highest BCUT2D eigenvalue weighted by atomic mass is 32.2. The zero-order valence-corrected chi connectivity index (χ0v) is 11.0. The smallest absolute Gasteiger partial charge is 0.131 e. The highest BCUT2D eigenvalue weighted by Crippen LogP contribution is 2.39. The van der Waals surface area contributed by atoms with E-state index in [4.69, 9.17) is 10.5 Å². The van der Waals surface area contributed by atoms with Crippen molar-refractivity contribution < 1.29 is 0 Å². The van der Waals surface area contributed by atoms with Crippen LogP contribution in [0.3, 0.4) is 0 Å². The summed E-state index contributed by atoms with van der Waals surface area (Å²) in [7, 11) is 0. The van der Waals surface area contributed by atoms with E-state index in [-0.39, 0.29) is 5.57 Å². The molecule has 82 valence electrons. The Kier molecular flexibility index (Phi) is 4.11. The molecule has 0 fully saturated rings. The molecule has 0 aromatic carbocycles. The van der Waals surface area contributed by atoms with Gasteiger partial charge >= 0.3 is 0 Å². The van der Waals surface area contributed by atoms with E-state index in [1.165, 1.54) is 4.24 Å². The molecular weight excluding hydrogens is 268 g/mol. The standard InChI is InChI=1S/C12H6N2S3/c13-7-9(8-14)5-10-1-2-11(17-10)6-12-15-3-4-16-12/h1-6H. The summed E-state index contributed by atoms with van der Waals surface area (Å²) in [6.07, 6.45) is 3.72. The van der Waals surface area contributed by atoms with E-state index in [0.29, 0.717) is 0 Å². The van der Waals surface area contributed by atoms with Crippen LogP contribution in [-0.4, -0.2) is 0 Å². The topological polar surface area (TPSA) is 47.6 Å². The van der Waals surface area contributed by atoms with Crippen molar-refractivity contribution in [2.24, 2.45) is 0 Å². The molecule has 2 rings (SSSR count). The highest BCUT2D eigenvalue weighted by Gasteiger charge is 2.03. The third kappa shape index (κ3) is 3.28. The van der Waals surface area contributed by atoms with E-state index in [0.717, 1.165) is 9.75 Å². The molecule has 0 N–H and O–H groups in total. The van der Waals surface area contributed by atoms with Crippen LogP contribution in [0.5, 0.6) is 0 Å². The molecule has 2 nitrogen and oxygen atoms in total. The average Bonchev–Trinajstić information content (AvgIpc) is 2.98. The van der Waals surface area contributed by atoms with Crippen molar-refractivity contribution in [3.63, 3.8) is 0 Å². The lowest BCUT2D eigenvalue weighted by molar-refractivity contribution is 1.47. The second kappa shape index (κ2) is 5.79. The van der Waals surface area contributed by atoms with Crippen LogP contribution in [0.4, 0.5) is 0 Å². The second-order valence-electron chi connectivity index (χ2n) is 2.99. The Hall–Kier alpha value is -1.40. The van der Waals surface area contributed by atoms with Crippen LogP contribution in [0.15, 0.2) is 32.8 Å². The predicted molar refractivity (Wildman–Crippen MR) is 75.8 cm³/mol. The van der Waals surface area contributed by atoms with Gasteiger partial charge in [-0.05, 0) is 35.1 Å². The van der Waals surface area contributed by atoms with Crippen LogP contribution >= 0.6 is 34.9 Å². The molecule has 1 aromatic rings. The summed E-state index contributed by atoms with van der Waals surface area (Å²) >= 11 is 4.97. The molecular formula is C12H6N2S3. The molecule has 2 heterocycles. The Morgan fingerprint density at radius 1 is 1.06 bits per heavy atom. The lowest BCUT2D eigenvalue weighted by Gasteiger charge is -1.90. The molecule has 1 aromatic heterocycles. The Balaban J connectivity index is 2.17. The first-order valence-electron chi connectivity index (χ1n) is 4.63. The molecule has 1 aliphatic heterocycles. The van der Waals surface area contributed by atoms with Crippen molar-refractivity contribution in [2.45, 2.75) is 0 Å². The third-order valence-corrected chi connectivity index (χ3v) is 4.83. The van der Waals surface area contributed by atoms with Gasteiger partial charge in [-0.1, -0.05) is 23.5 Å². The van der Waals surface area contributed by atoms with Gasteiger partial charge < -0.3 is 0 Å². The monoisotopic (exact) mass is 274 g/mol. The number of nitriles is 2. The Bertz CT molecular complexity index is 568. The van der Waals surface area contributed by atoms with Gasteiger partial charge in [-0.25, -0.2) is 0 Å². The summed E-state index contributed by atoms with van der Waals surface area (Å²) in [5.41, 5.74) is 0.136. The number of hydrogen-bond donors (Lipinski definition) is 0. The van der Waals surface area contributed by atoms with Crippen molar-refractivity contribution in [1.82, 2.24) is 0 Å². The molecule has 17 heavy (non-hydrogen) atoms. The summed E-state index contributed by atoms with van der Waals surface area (Å²) in [5, 5.41) is 21.4. The molecule has 0 saturated heterocycles. The van der Waals surface area contributed by atoms with Gasteiger partial charge in [0.2, 0.25) is 0 Å². The quantitative estimate of drug-likeness (QED) is 0.749. The van der Waals surface area contributed by atoms with E-state index < -0.39 is 0 Å². The van der Waals surface area contributed by atoms with Gasteiger partial charge in [0.25, 0.3) is 0 Å². The van der Waals surface area contributed by atoms with Gasteiger partial charge in [0.15, 0.2) is 0 Å². The lowest BCUT2D eigenvalue weighted by atomic mass is 10.3. The van der Waals surface area contributed by atoms with Crippen molar-refractivity contribution in [3.05, 3.63) is 42.5 Å². The van der Waals surface area contributed by atoms with E-state index in [1.807, 2.05) is 35.1 Å². The second-order valence-corrected chi connectivity index (χ2v) is 6.29. The minimum absolute atomic E-state index is 0.136. The highest BCUT2D eigenvalue weighted by molar-refractivity contribution is 8.27. The van der Waals surface area contributed by atoms with Gasteiger partial charge in [-0.3, -0.25) is 0 Å². The molecule has 5 heteroatoms. The molecule has 0 spiro atoms. The van der Waals surface area contributed by atoms with E-state index >= 15 is 0 Å². The molecule has 0 atom stereocenters. The first-order chi connectivity index (χ1) is 8.31. The van der Waals surface area contributed by atoms with Crippen molar-refractivity contribution in [3.8, 4) is 12.1 Å². The normalized spacial score (nSPS) is 12.9. The fourth-order valence-corrected chi connectivity index (χ4v) is 3.86. The maximum atomic E-state index is 8.66. The maximum Gasteiger partial charge on any atom is 0.131 e. The molecule has 0 bridgehead atoms. The minimum atomic E-state index is 0.136. The SMILES string of the molecule is N#CC(C#N)=Cc1ccc(C=C2SC=CS2)s1. The summed E-state index contributed by atoms with van der Waals surface area (Å²) < 4.78 is 1.24. The minimum Gasteiger partial charge on any atom is -0.192 e. The molecule has 0 amide bonds. The largest absolute Gasteiger partial charge is 0.192 e. The van der Waals surface area contributed by atoms with Crippen LogP contribution in [0.25, 0.3) is 12.2 Å². The summed E-state index contributed by atoms with van der Waals surface area (Å²) in [6, 6.07) is 7.63. The van der Waals surface area contributed by atoms with Crippen LogP contribution in [0.1, 0.15) is 9.75 Å². The van der Waals surface area contributed by atoms with Crippen molar-refractivity contribution in [2.75, 3.05) is 0 Å². The van der Waals surface area contributed by atoms with Crippen LogP contribution in [0, 0.1) is 22.7 Å². The van der Waals surface area contributed by atoms with E-state index in [1.54, 1.807) is 40.9 Å². The molecule has 0 unspecified atom stereocenters. The van der Waals surface area contributed by atoms with Gasteiger partial charge in [-0.15, -0.1) is 11.3 Å². The van der Waals surface area contributed by atoms with Crippen LogP contribution in [-0.2, 0) is 0 Å². The molecule has 0 radical (unpaired) electrons. The molecule has 1 aliphatic rings. The number of allylic oxidation sites excluding steroid dienone is 1. The van der Waals surface area contributed by atoms with E-state index in [9.17, 15) is 0 Å². The third-order valence-electron chi connectivity index (χ3n) is 1.86. The number of rotatable bonds is 2. The lowest BCUT2D eigenvalue weighted by Crippen LogP contribution is -1.68. The van der Waals surface area contributed by atoms with Gasteiger partial charge in [-0.2, -0.15) is 10.5 Å². The van der Waals surface area contributed by atoms with Crippen LogP contribution in [0.2, 0.25) is 0 Å². The fraction of sp³-hybridized carbons (Fsp3) is 0. The molecule has 0 saturated carbocycles. The summed E-state index contributed by atoms with van der Waals surface area (Å²) in [6.45, 7) is 0. The number of thiophene rings is 1. The van der Waals surface area contributed by atoms with Crippen molar-refractivity contribution in [1.29, 1.82) is 10.5 Å². The van der Waals surface area contributed by atoms with E-state index in [2.05, 4.69) is 6.08 Å². The number of thioether (sulfide) groups is 2.